The van der Waals surface area contributed by atoms with Crippen LogP contribution < -0.4 is 0 Å². The first-order valence-corrected chi connectivity index (χ1v) is 7.22. The molecule has 0 amide bonds. The summed E-state index contributed by atoms with van der Waals surface area (Å²) in [4.78, 5) is 15.9. The first-order chi connectivity index (χ1) is 9.21. The lowest BCUT2D eigenvalue weighted by Crippen LogP contribution is -2.51. The number of unbranched alkanes of at least 4 members (excludes halogenated alkanes) is 1. The van der Waals surface area contributed by atoms with Crippen molar-refractivity contribution in [2.75, 3.05) is 39.3 Å². The number of esters is 1. The fourth-order valence-electron chi connectivity index (χ4n) is 2.22. The number of rotatable bonds is 7. The Labute approximate surface area is 116 Å². The maximum Gasteiger partial charge on any atom is 0.320 e. The van der Waals surface area contributed by atoms with Gasteiger partial charge in [-0.2, -0.15) is 5.26 Å². The Morgan fingerprint density at radius 2 is 2.00 bits per heavy atom. The molecule has 0 bridgehead atoms. The Balaban J connectivity index is 2.23. The van der Waals surface area contributed by atoms with E-state index in [0.717, 1.165) is 45.4 Å². The zero-order valence-electron chi connectivity index (χ0n) is 12.1. The normalized spacial score (nSPS) is 18.8. The number of hydrogen-bond acceptors (Lipinski definition) is 5. The smallest absolute Gasteiger partial charge is 0.320 e. The van der Waals surface area contributed by atoms with E-state index in [9.17, 15) is 4.79 Å². The fourth-order valence-corrected chi connectivity index (χ4v) is 2.22. The van der Waals surface area contributed by atoms with Crippen LogP contribution in [0, 0.1) is 11.3 Å². The van der Waals surface area contributed by atoms with E-state index < -0.39 is 0 Å². The lowest BCUT2D eigenvalue weighted by Gasteiger charge is -2.36. The zero-order chi connectivity index (χ0) is 14.1. The molecular weight excluding hydrogens is 242 g/mol. The van der Waals surface area contributed by atoms with Gasteiger partial charge in [0.2, 0.25) is 0 Å². The van der Waals surface area contributed by atoms with Gasteiger partial charge >= 0.3 is 5.97 Å². The third-order valence-corrected chi connectivity index (χ3v) is 3.50. The van der Waals surface area contributed by atoms with Crippen molar-refractivity contribution in [3.63, 3.8) is 0 Å². The van der Waals surface area contributed by atoms with Crippen LogP contribution in [0.2, 0.25) is 0 Å². The summed E-state index contributed by atoms with van der Waals surface area (Å²) in [5.41, 5.74) is 0. The molecule has 0 aromatic rings. The highest BCUT2D eigenvalue weighted by molar-refractivity contribution is 5.71. The highest BCUT2D eigenvalue weighted by Crippen LogP contribution is 2.08. The third-order valence-electron chi connectivity index (χ3n) is 3.50. The molecule has 0 aliphatic carbocycles. The Bertz CT molecular complexity index is 306. The van der Waals surface area contributed by atoms with E-state index >= 15 is 0 Å². The summed E-state index contributed by atoms with van der Waals surface area (Å²) < 4.78 is 5.16. The van der Waals surface area contributed by atoms with Crippen molar-refractivity contribution >= 4 is 5.97 Å². The van der Waals surface area contributed by atoms with E-state index in [0.29, 0.717) is 13.2 Å². The minimum absolute atomic E-state index is 0.0126. The van der Waals surface area contributed by atoms with Crippen LogP contribution in [0.3, 0.4) is 0 Å². The summed E-state index contributed by atoms with van der Waals surface area (Å²) >= 11 is 0. The molecule has 0 aromatic carbocycles. The molecular formula is C14H25N3O2. The molecule has 1 aliphatic rings. The molecule has 0 N–H and O–H groups in total. The van der Waals surface area contributed by atoms with E-state index in [2.05, 4.69) is 22.8 Å². The van der Waals surface area contributed by atoms with Gasteiger partial charge in [0, 0.05) is 26.2 Å². The van der Waals surface area contributed by atoms with Gasteiger partial charge < -0.3 is 4.74 Å². The van der Waals surface area contributed by atoms with Crippen LogP contribution in [-0.2, 0) is 9.53 Å². The summed E-state index contributed by atoms with van der Waals surface area (Å²) in [5.74, 6) is -0.130. The van der Waals surface area contributed by atoms with Gasteiger partial charge in [-0.25, -0.2) is 0 Å². The molecule has 0 spiro atoms. The SMILES string of the molecule is CCCCOC(=O)CN1CCN(C(C#N)CC)CC1. The first kappa shape index (κ1) is 15.9. The number of carbonyl (C=O) groups excluding carboxylic acids is 1. The largest absolute Gasteiger partial charge is 0.465 e. The van der Waals surface area contributed by atoms with Gasteiger partial charge in [0.05, 0.1) is 25.3 Å². The van der Waals surface area contributed by atoms with E-state index in [4.69, 9.17) is 10.00 Å². The highest BCUT2D eigenvalue weighted by atomic mass is 16.5. The predicted molar refractivity (Wildman–Crippen MR) is 73.6 cm³/mol. The molecule has 0 aromatic heterocycles. The maximum absolute atomic E-state index is 11.6. The van der Waals surface area contributed by atoms with Gasteiger partial charge in [-0.1, -0.05) is 20.3 Å². The number of carbonyl (C=O) groups is 1. The molecule has 1 atom stereocenters. The molecule has 5 nitrogen and oxygen atoms in total. The molecule has 1 heterocycles. The van der Waals surface area contributed by atoms with E-state index in [1.165, 1.54) is 0 Å². The second-order valence-corrected chi connectivity index (χ2v) is 4.94. The van der Waals surface area contributed by atoms with Crippen molar-refractivity contribution in [3.8, 4) is 6.07 Å². The minimum atomic E-state index is -0.130. The third kappa shape index (κ3) is 5.58. The second-order valence-electron chi connectivity index (χ2n) is 4.94. The van der Waals surface area contributed by atoms with Crippen molar-refractivity contribution in [1.82, 2.24) is 9.80 Å². The average Bonchev–Trinajstić information content (AvgIpc) is 2.42. The Morgan fingerprint density at radius 1 is 1.32 bits per heavy atom. The van der Waals surface area contributed by atoms with Crippen LogP contribution in [0.15, 0.2) is 0 Å². The molecule has 1 fully saturated rings. The number of piperazine rings is 1. The van der Waals surface area contributed by atoms with Crippen LogP contribution in [0.4, 0.5) is 0 Å². The van der Waals surface area contributed by atoms with Crippen LogP contribution >= 0.6 is 0 Å². The summed E-state index contributed by atoms with van der Waals surface area (Å²) in [6.07, 6.45) is 2.83. The van der Waals surface area contributed by atoms with Crippen molar-refractivity contribution in [2.24, 2.45) is 0 Å². The molecule has 108 valence electrons. The van der Waals surface area contributed by atoms with Crippen LogP contribution in [0.1, 0.15) is 33.1 Å². The maximum atomic E-state index is 11.6. The molecule has 0 radical (unpaired) electrons. The van der Waals surface area contributed by atoms with E-state index in [-0.39, 0.29) is 12.0 Å². The molecule has 1 saturated heterocycles. The molecule has 1 aliphatic heterocycles. The van der Waals surface area contributed by atoms with Gasteiger partial charge in [0.25, 0.3) is 0 Å². The molecule has 19 heavy (non-hydrogen) atoms. The average molecular weight is 267 g/mol. The van der Waals surface area contributed by atoms with Crippen molar-refractivity contribution in [3.05, 3.63) is 0 Å². The topological polar surface area (TPSA) is 56.6 Å². The Hall–Kier alpha value is -1.12. The number of nitrogens with zero attached hydrogens (tertiary/aromatic N) is 3. The number of hydrogen-bond donors (Lipinski definition) is 0. The number of ether oxygens (including phenoxy) is 1. The van der Waals surface area contributed by atoms with Crippen molar-refractivity contribution in [1.29, 1.82) is 5.26 Å². The van der Waals surface area contributed by atoms with Gasteiger partial charge in [-0.3, -0.25) is 14.6 Å². The zero-order valence-corrected chi connectivity index (χ0v) is 12.1. The molecule has 5 heteroatoms. The van der Waals surface area contributed by atoms with Gasteiger partial charge in [0.1, 0.15) is 0 Å². The van der Waals surface area contributed by atoms with Crippen LogP contribution in [-0.4, -0.2) is 61.1 Å². The first-order valence-electron chi connectivity index (χ1n) is 7.22. The lowest BCUT2D eigenvalue weighted by molar-refractivity contribution is -0.145. The van der Waals surface area contributed by atoms with E-state index in [1.54, 1.807) is 0 Å². The highest BCUT2D eigenvalue weighted by Gasteiger charge is 2.23. The molecule has 0 saturated carbocycles. The fraction of sp³-hybridized carbons (Fsp3) is 0.857. The standard InChI is InChI=1S/C14H25N3O2/c1-3-5-10-19-14(18)12-16-6-8-17(9-7-16)13(4-2)11-15/h13H,3-10,12H2,1-2H3. The monoisotopic (exact) mass is 267 g/mol. The molecule has 1 unspecified atom stereocenters. The second kappa shape index (κ2) is 8.89. The van der Waals surface area contributed by atoms with Gasteiger partial charge in [-0.05, 0) is 12.8 Å². The Kier molecular flexibility index (Phi) is 7.46. The summed E-state index contributed by atoms with van der Waals surface area (Å²) in [7, 11) is 0. The minimum Gasteiger partial charge on any atom is -0.465 e. The lowest BCUT2D eigenvalue weighted by atomic mass is 10.2. The van der Waals surface area contributed by atoms with Crippen molar-refractivity contribution < 1.29 is 9.53 Å². The van der Waals surface area contributed by atoms with E-state index in [1.807, 2.05) is 6.92 Å². The quantitative estimate of drug-likeness (QED) is 0.513. The number of nitriles is 1. The molecule has 1 rings (SSSR count). The van der Waals surface area contributed by atoms with Crippen LogP contribution in [0.25, 0.3) is 0 Å². The summed E-state index contributed by atoms with van der Waals surface area (Å²) in [6.45, 7) is 8.39. The Morgan fingerprint density at radius 3 is 2.53 bits per heavy atom. The predicted octanol–water partition coefficient (Wildman–Crippen LogP) is 1.25. The summed E-state index contributed by atoms with van der Waals surface area (Å²) in [6, 6.07) is 2.34. The van der Waals surface area contributed by atoms with Crippen molar-refractivity contribution in [2.45, 2.75) is 39.2 Å². The van der Waals surface area contributed by atoms with Crippen LogP contribution in [0.5, 0.6) is 0 Å². The van der Waals surface area contributed by atoms with Gasteiger partial charge in [-0.15, -0.1) is 0 Å². The summed E-state index contributed by atoms with van der Waals surface area (Å²) in [5, 5.41) is 9.03. The van der Waals surface area contributed by atoms with Gasteiger partial charge in [0.15, 0.2) is 0 Å².